The van der Waals surface area contributed by atoms with Crippen molar-refractivity contribution in [2.75, 3.05) is 13.7 Å². The van der Waals surface area contributed by atoms with E-state index < -0.39 is 0 Å². The largest absolute Gasteiger partial charge is 0.497 e. The van der Waals surface area contributed by atoms with Gasteiger partial charge in [0.05, 0.1) is 18.1 Å². The minimum atomic E-state index is -0.384. The van der Waals surface area contributed by atoms with Gasteiger partial charge < -0.3 is 14.6 Å². The Kier molecular flexibility index (Phi) is 5.53. The van der Waals surface area contributed by atoms with Crippen LogP contribution < -0.4 is 21.1 Å². The number of carbonyl (C=O) groups excluding carboxylic acids is 1. The number of hydrogen-bond donors (Lipinski definition) is 2. The number of fused-ring (bicyclic) bond motifs is 2. The molecule has 0 aliphatic heterocycles. The van der Waals surface area contributed by atoms with Gasteiger partial charge in [0, 0.05) is 19.3 Å². The minimum Gasteiger partial charge on any atom is -0.497 e. The SMILES string of the molecule is CCNC(=O)c1cc2c(=O)n3ccccc3nc2n(CCc2ccc(OC)cc2)c1=N. The lowest BCUT2D eigenvalue weighted by atomic mass is 10.1. The molecule has 0 saturated carbocycles. The van der Waals surface area contributed by atoms with Gasteiger partial charge in [0.25, 0.3) is 11.5 Å². The summed E-state index contributed by atoms with van der Waals surface area (Å²) in [6.07, 6.45) is 2.25. The van der Waals surface area contributed by atoms with Crippen LogP contribution in [0.5, 0.6) is 5.75 Å². The van der Waals surface area contributed by atoms with Crippen molar-refractivity contribution in [3.05, 3.63) is 81.7 Å². The maximum atomic E-state index is 13.1. The van der Waals surface area contributed by atoms with Crippen LogP contribution >= 0.6 is 0 Å². The normalized spacial score (nSPS) is 11.0. The molecule has 0 aliphatic carbocycles. The summed E-state index contributed by atoms with van der Waals surface area (Å²) in [7, 11) is 1.62. The molecule has 158 valence electrons. The number of nitrogens with one attached hydrogen (secondary N) is 2. The van der Waals surface area contributed by atoms with Crippen molar-refractivity contribution in [2.24, 2.45) is 0 Å². The highest BCUT2D eigenvalue weighted by molar-refractivity contribution is 5.96. The van der Waals surface area contributed by atoms with E-state index in [4.69, 9.17) is 10.1 Å². The third kappa shape index (κ3) is 3.79. The first kappa shape index (κ1) is 20.3. The summed E-state index contributed by atoms with van der Waals surface area (Å²) in [4.78, 5) is 30.4. The number of pyridine rings is 2. The summed E-state index contributed by atoms with van der Waals surface area (Å²) in [5.74, 6) is 0.382. The maximum absolute atomic E-state index is 13.1. The number of aromatic nitrogens is 3. The number of rotatable bonds is 6. The number of aryl methyl sites for hydroxylation is 2. The number of ether oxygens (including phenoxy) is 1. The van der Waals surface area contributed by atoms with Gasteiger partial charge >= 0.3 is 0 Å². The van der Waals surface area contributed by atoms with Gasteiger partial charge in [0.15, 0.2) is 0 Å². The Hall–Kier alpha value is -3.94. The molecule has 8 nitrogen and oxygen atoms in total. The van der Waals surface area contributed by atoms with Crippen LogP contribution in [0.25, 0.3) is 16.7 Å². The fraction of sp³-hybridized carbons (Fsp3) is 0.217. The summed E-state index contributed by atoms with van der Waals surface area (Å²) in [5, 5.41) is 11.7. The molecule has 8 heteroatoms. The number of amides is 1. The van der Waals surface area contributed by atoms with Crippen molar-refractivity contribution >= 4 is 22.6 Å². The molecule has 1 amide bonds. The fourth-order valence-corrected chi connectivity index (χ4v) is 3.57. The van der Waals surface area contributed by atoms with Crippen molar-refractivity contribution in [3.63, 3.8) is 0 Å². The number of carbonyl (C=O) groups is 1. The summed E-state index contributed by atoms with van der Waals surface area (Å²) in [5.41, 5.74) is 1.83. The summed E-state index contributed by atoms with van der Waals surface area (Å²) in [6.45, 7) is 2.63. The van der Waals surface area contributed by atoms with E-state index in [1.807, 2.05) is 31.2 Å². The smallest absolute Gasteiger partial charge is 0.267 e. The second-order valence-electron chi connectivity index (χ2n) is 7.10. The highest BCUT2D eigenvalue weighted by Gasteiger charge is 2.17. The van der Waals surface area contributed by atoms with Crippen LogP contribution in [-0.2, 0) is 13.0 Å². The molecule has 0 fully saturated rings. The van der Waals surface area contributed by atoms with Gasteiger partial charge in [0.1, 0.15) is 22.5 Å². The average molecular weight is 417 g/mol. The molecule has 4 aromatic rings. The second-order valence-corrected chi connectivity index (χ2v) is 7.10. The number of hydrogen-bond acceptors (Lipinski definition) is 5. The van der Waals surface area contributed by atoms with E-state index in [1.54, 1.807) is 36.1 Å². The molecule has 3 aromatic heterocycles. The Labute approximate surface area is 178 Å². The quantitative estimate of drug-likeness (QED) is 0.469. The molecule has 0 spiro atoms. The summed E-state index contributed by atoms with van der Waals surface area (Å²) in [6, 6.07) is 14.4. The predicted octanol–water partition coefficient (Wildman–Crippen LogP) is 2.13. The van der Waals surface area contributed by atoms with Gasteiger partial charge in [-0.2, -0.15) is 0 Å². The number of benzene rings is 1. The first-order chi connectivity index (χ1) is 15.0. The van der Waals surface area contributed by atoms with Crippen LogP contribution in [0.15, 0.2) is 59.5 Å². The van der Waals surface area contributed by atoms with E-state index in [2.05, 4.69) is 10.3 Å². The van der Waals surface area contributed by atoms with E-state index in [0.29, 0.717) is 36.2 Å². The van der Waals surface area contributed by atoms with Crippen LogP contribution in [0.2, 0.25) is 0 Å². The van der Waals surface area contributed by atoms with Crippen LogP contribution in [0.1, 0.15) is 22.8 Å². The molecule has 3 heterocycles. The standard InChI is InChI=1S/C23H23N5O3/c1-3-25-22(29)17-14-18-21(26-19-6-4-5-12-27(19)23(18)30)28(20(17)24)13-11-15-7-9-16(31-2)10-8-15/h4-10,12,14,24H,3,11,13H2,1-2H3,(H,25,29). The second kappa shape index (κ2) is 8.43. The van der Waals surface area contributed by atoms with Gasteiger partial charge in [-0.05, 0) is 49.2 Å². The molecule has 0 unspecified atom stereocenters. The van der Waals surface area contributed by atoms with Gasteiger partial charge in [-0.3, -0.25) is 19.4 Å². The van der Waals surface area contributed by atoms with Crippen molar-refractivity contribution in [3.8, 4) is 5.75 Å². The summed E-state index contributed by atoms with van der Waals surface area (Å²) >= 11 is 0. The molecule has 4 rings (SSSR count). The highest BCUT2D eigenvalue weighted by Crippen LogP contribution is 2.14. The lowest BCUT2D eigenvalue weighted by Gasteiger charge is -2.15. The van der Waals surface area contributed by atoms with Crippen LogP contribution in [0.4, 0.5) is 0 Å². The van der Waals surface area contributed by atoms with Gasteiger partial charge in [-0.15, -0.1) is 0 Å². The van der Waals surface area contributed by atoms with Crippen LogP contribution in [0, 0.1) is 5.41 Å². The summed E-state index contributed by atoms with van der Waals surface area (Å²) < 4.78 is 8.28. The minimum absolute atomic E-state index is 0.0270. The molecule has 0 bridgehead atoms. The Morgan fingerprint density at radius 3 is 2.68 bits per heavy atom. The molecule has 2 N–H and O–H groups in total. The highest BCUT2D eigenvalue weighted by atomic mass is 16.5. The maximum Gasteiger partial charge on any atom is 0.267 e. The topological polar surface area (TPSA) is 101 Å². The zero-order valence-electron chi connectivity index (χ0n) is 17.4. The Morgan fingerprint density at radius 1 is 1.19 bits per heavy atom. The monoisotopic (exact) mass is 417 g/mol. The third-order valence-corrected chi connectivity index (χ3v) is 5.18. The molecule has 0 radical (unpaired) electrons. The molecule has 0 saturated heterocycles. The van der Waals surface area contributed by atoms with E-state index in [-0.39, 0.29) is 22.5 Å². The molecular formula is C23H23N5O3. The third-order valence-electron chi connectivity index (χ3n) is 5.18. The van der Waals surface area contributed by atoms with Gasteiger partial charge in [-0.25, -0.2) is 4.98 Å². The molecule has 0 aliphatic rings. The molecule has 1 aromatic carbocycles. The average Bonchev–Trinajstić information content (AvgIpc) is 2.79. The van der Waals surface area contributed by atoms with Crippen LogP contribution in [-0.4, -0.2) is 33.5 Å². The zero-order chi connectivity index (χ0) is 22.0. The molecule has 31 heavy (non-hydrogen) atoms. The lowest BCUT2D eigenvalue weighted by molar-refractivity contribution is 0.0953. The van der Waals surface area contributed by atoms with Crippen molar-refractivity contribution in [2.45, 2.75) is 19.9 Å². The molecular weight excluding hydrogens is 394 g/mol. The first-order valence-electron chi connectivity index (χ1n) is 10.0. The molecule has 0 atom stereocenters. The van der Waals surface area contributed by atoms with E-state index in [9.17, 15) is 9.59 Å². The number of nitrogens with zero attached hydrogens (tertiary/aromatic N) is 3. The van der Waals surface area contributed by atoms with Crippen molar-refractivity contribution in [1.82, 2.24) is 19.3 Å². The fourth-order valence-electron chi connectivity index (χ4n) is 3.57. The van der Waals surface area contributed by atoms with Crippen molar-refractivity contribution in [1.29, 1.82) is 5.41 Å². The van der Waals surface area contributed by atoms with Gasteiger partial charge in [-0.1, -0.05) is 18.2 Å². The zero-order valence-corrected chi connectivity index (χ0v) is 17.4. The van der Waals surface area contributed by atoms with Crippen LogP contribution in [0.3, 0.4) is 0 Å². The number of methoxy groups -OCH3 is 1. The lowest BCUT2D eigenvalue weighted by Crippen LogP contribution is -2.35. The Bertz CT molecular complexity index is 1390. The van der Waals surface area contributed by atoms with E-state index in [1.165, 1.54) is 10.5 Å². The van der Waals surface area contributed by atoms with E-state index in [0.717, 1.165) is 11.3 Å². The first-order valence-corrected chi connectivity index (χ1v) is 10.0. The van der Waals surface area contributed by atoms with Gasteiger partial charge in [0.2, 0.25) is 0 Å². The predicted molar refractivity (Wildman–Crippen MR) is 118 cm³/mol. The Balaban J connectivity index is 1.89. The van der Waals surface area contributed by atoms with E-state index >= 15 is 0 Å². The van der Waals surface area contributed by atoms with Crippen molar-refractivity contribution < 1.29 is 9.53 Å². The Morgan fingerprint density at radius 2 is 1.97 bits per heavy atom.